The first-order chi connectivity index (χ1) is 18.5. The van der Waals surface area contributed by atoms with E-state index in [0.29, 0.717) is 40.3 Å². The molecule has 4 heterocycles. The molecule has 1 aromatic carbocycles. The molecule has 0 amide bonds. The maximum atomic E-state index is 15.6. The van der Waals surface area contributed by atoms with E-state index in [0.717, 1.165) is 42.4 Å². The van der Waals surface area contributed by atoms with Crippen molar-refractivity contribution < 1.29 is 4.39 Å². The van der Waals surface area contributed by atoms with Gasteiger partial charge in [-0.15, -0.1) is 11.3 Å². The van der Waals surface area contributed by atoms with Gasteiger partial charge in [-0.3, -0.25) is 0 Å². The Bertz CT molecular complexity index is 1370. The van der Waals surface area contributed by atoms with Crippen LogP contribution in [0.2, 0.25) is 0 Å². The van der Waals surface area contributed by atoms with Gasteiger partial charge in [0.1, 0.15) is 5.82 Å². The Balaban J connectivity index is 1.38. The number of rotatable bonds is 9. The summed E-state index contributed by atoms with van der Waals surface area (Å²) in [5.41, 5.74) is 3.34. The van der Waals surface area contributed by atoms with E-state index in [1.165, 1.54) is 29.0 Å². The summed E-state index contributed by atoms with van der Waals surface area (Å²) in [4.78, 5) is 19.2. The maximum Gasteiger partial charge on any atom is 0.228 e. The molecular weight excluding hydrogens is 519 g/mol. The van der Waals surface area contributed by atoms with Crippen LogP contribution in [-0.4, -0.2) is 50.9 Å². The van der Waals surface area contributed by atoms with Gasteiger partial charge in [-0.2, -0.15) is 0 Å². The summed E-state index contributed by atoms with van der Waals surface area (Å²) in [6.07, 6.45) is 5.89. The highest BCUT2D eigenvalue weighted by atomic mass is 32.2. The molecule has 0 aliphatic carbocycles. The van der Waals surface area contributed by atoms with Gasteiger partial charge >= 0.3 is 0 Å². The summed E-state index contributed by atoms with van der Waals surface area (Å²) in [5, 5.41) is 7.44. The lowest BCUT2D eigenvalue weighted by atomic mass is 9.91. The highest BCUT2D eigenvalue weighted by molar-refractivity contribution is 7.98. The van der Waals surface area contributed by atoms with Gasteiger partial charge < -0.3 is 15.4 Å². The second kappa shape index (κ2) is 12.2. The largest absolute Gasteiger partial charge is 0.317 e. The monoisotopic (exact) mass is 550 g/mol. The number of benzene rings is 1. The van der Waals surface area contributed by atoms with E-state index in [2.05, 4.69) is 36.4 Å². The van der Waals surface area contributed by atoms with Gasteiger partial charge in [0.25, 0.3) is 0 Å². The number of hydrogen-bond donors (Lipinski definition) is 3. The average Bonchev–Trinajstić information content (AvgIpc) is 3.34. The molecule has 1 fully saturated rings. The molecule has 0 unspecified atom stereocenters. The third kappa shape index (κ3) is 6.12. The van der Waals surface area contributed by atoms with Crippen LogP contribution < -0.4 is 15.4 Å². The summed E-state index contributed by atoms with van der Waals surface area (Å²) in [7, 11) is 1.94. The Hall–Kier alpha value is -3.12. The normalized spacial score (nSPS) is 14.1. The molecular formula is C27H31FN8S2. The van der Waals surface area contributed by atoms with Crippen LogP contribution in [0.15, 0.2) is 48.8 Å². The first-order valence-electron chi connectivity index (χ1n) is 12.7. The zero-order valence-electron chi connectivity index (χ0n) is 21.7. The smallest absolute Gasteiger partial charge is 0.228 e. The Kier molecular flexibility index (Phi) is 8.48. The predicted octanol–water partition coefficient (Wildman–Crippen LogP) is 6.25. The molecule has 1 saturated heterocycles. The lowest BCUT2D eigenvalue weighted by molar-refractivity contribution is 0.459. The molecule has 3 N–H and O–H groups in total. The Morgan fingerprint density at radius 3 is 2.74 bits per heavy atom. The molecule has 1 aliphatic rings. The Labute approximate surface area is 230 Å². The number of pyridine rings is 1. The van der Waals surface area contributed by atoms with Gasteiger partial charge in [0, 0.05) is 36.6 Å². The van der Waals surface area contributed by atoms with Crippen molar-refractivity contribution in [2.45, 2.75) is 32.6 Å². The molecule has 0 atom stereocenters. The Morgan fingerprint density at radius 1 is 1.13 bits per heavy atom. The second-order valence-electron chi connectivity index (χ2n) is 9.11. The summed E-state index contributed by atoms with van der Waals surface area (Å²) in [6, 6.07) is 11.2. The van der Waals surface area contributed by atoms with Crippen LogP contribution >= 0.6 is 23.5 Å². The van der Waals surface area contributed by atoms with Crippen LogP contribution in [0.4, 0.5) is 21.8 Å². The molecule has 38 heavy (non-hydrogen) atoms. The van der Waals surface area contributed by atoms with Crippen molar-refractivity contribution in [3.05, 3.63) is 65.2 Å². The minimum atomic E-state index is -0.346. The SMILES string of the molecule is CCN(C)SNc1cccc(-c2nc(C)sc2-c2ccnc(Nc3ccc(C4CCNCC4)cn3)n2)c1F. The van der Waals surface area contributed by atoms with E-state index < -0.39 is 0 Å². The van der Waals surface area contributed by atoms with Gasteiger partial charge in [-0.1, -0.05) is 19.1 Å². The summed E-state index contributed by atoms with van der Waals surface area (Å²) in [6.45, 7) is 6.87. The topological polar surface area (TPSA) is 90.9 Å². The van der Waals surface area contributed by atoms with Crippen LogP contribution in [0.5, 0.6) is 0 Å². The van der Waals surface area contributed by atoms with Crippen molar-refractivity contribution >= 4 is 40.9 Å². The molecule has 0 bridgehead atoms. The Morgan fingerprint density at radius 2 is 1.97 bits per heavy atom. The van der Waals surface area contributed by atoms with Crippen molar-refractivity contribution in [1.82, 2.24) is 29.6 Å². The highest BCUT2D eigenvalue weighted by Crippen LogP contribution is 2.39. The van der Waals surface area contributed by atoms with Gasteiger partial charge in [-0.25, -0.2) is 28.6 Å². The maximum absolute atomic E-state index is 15.6. The van der Waals surface area contributed by atoms with E-state index in [1.807, 2.05) is 49.6 Å². The average molecular weight is 551 g/mol. The lowest BCUT2D eigenvalue weighted by Crippen LogP contribution is -2.26. The fourth-order valence-corrected chi connectivity index (χ4v) is 5.75. The van der Waals surface area contributed by atoms with Crippen molar-refractivity contribution in [2.24, 2.45) is 0 Å². The van der Waals surface area contributed by atoms with Gasteiger partial charge in [-0.05, 0) is 75.6 Å². The summed E-state index contributed by atoms with van der Waals surface area (Å²) >= 11 is 2.83. The molecule has 198 valence electrons. The van der Waals surface area contributed by atoms with Gasteiger partial charge in [0.15, 0.2) is 5.82 Å². The molecule has 0 saturated carbocycles. The number of nitrogens with zero attached hydrogens (tertiary/aromatic N) is 5. The van der Waals surface area contributed by atoms with Crippen LogP contribution in [-0.2, 0) is 0 Å². The number of aromatic nitrogens is 4. The number of anilines is 3. The van der Waals surface area contributed by atoms with Crippen molar-refractivity contribution in [2.75, 3.05) is 36.7 Å². The van der Waals surface area contributed by atoms with Crippen molar-refractivity contribution in [1.29, 1.82) is 0 Å². The molecule has 11 heteroatoms. The molecule has 1 aliphatic heterocycles. The van der Waals surface area contributed by atoms with E-state index >= 15 is 4.39 Å². The van der Waals surface area contributed by atoms with Crippen LogP contribution in [0, 0.1) is 12.7 Å². The minimum absolute atomic E-state index is 0.346. The van der Waals surface area contributed by atoms with Crippen LogP contribution in [0.1, 0.15) is 36.3 Å². The van der Waals surface area contributed by atoms with E-state index in [-0.39, 0.29) is 5.82 Å². The summed E-state index contributed by atoms with van der Waals surface area (Å²) < 4.78 is 20.6. The van der Waals surface area contributed by atoms with E-state index in [9.17, 15) is 0 Å². The number of halogens is 1. The molecule has 3 aromatic heterocycles. The third-order valence-electron chi connectivity index (χ3n) is 6.47. The summed E-state index contributed by atoms with van der Waals surface area (Å²) in [5.74, 6) is 1.31. The van der Waals surface area contributed by atoms with Crippen molar-refractivity contribution in [3.8, 4) is 21.8 Å². The van der Waals surface area contributed by atoms with Gasteiger partial charge in [0.2, 0.25) is 5.95 Å². The predicted molar refractivity (Wildman–Crippen MR) is 155 cm³/mol. The number of nitrogens with one attached hydrogen (secondary N) is 3. The standard InChI is InChI=1S/C27H31FN8S2/c1-4-36(3)38-35-21-7-5-6-20(24(21)28)25-26(37-17(2)32-25)22-12-15-30-27(33-22)34-23-9-8-19(16-31-23)18-10-13-29-14-11-18/h5-9,12,15-16,18,29,35H,4,10-11,13-14H2,1-3H3,(H,30,31,33,34). The minimum Gasteiger partial charge on any atom is -0.317 e. The number of hydrogen-bond acceptors (Lipinski definition) is 10. The molecule has 5 rings (SSSR count). The zero-order valence-corrected chi connectivity index (χ0v) is 23.3. The molecule has 8 nitrogen and oxygen atoms in total. The van der Waals surface area contributed by atoms with Crippen molar-refractivity contribution in [3.63, 3.8) is 0 Å². The third-order valence-corrected chi connectivity index (χ3v) is 8.34. The number of aryl methyl sites for hydroxylation is 1. The lowest BCUT2D eigenvalue weighted by Gasteiger charge is -2.22. The van der Waals surface area contributed by atoms with Crippen LogP contribution in [0.25, 0.3) is 21.8 Å². The molecule has 0 radical (unpaired) electrons. The first-order valence-corrected chi connectivity index (χ1v) is 14.3. The first kappa shape index (κ1) is 26.5. The van der Waals surface area contributed by atoms with Crippen LogP contribution in [0.3, 0.4) is 0 Å². The number of piperidine rings is 1. The molecule has 0 spiro atoms. The highest BCUT2D eigenvalue weighted by Gasteiger charge is 2.20. The second-order valence-corrected chi connectivity index (χ2v) is 11.3. The fraction of sp³-hybridized carbons (Fsp3) is 0.333. The quantitative estimate of drug-likeness (QED) is 0.209. The van der Waals surface area contributed by atoms with Gasteiger partial charge in [0.05, 0.1) is 27.0 Å². The number of thiazole rings is 1. The zero-order chi connectivity index (χ0) is 26.5. The fourth-order valence-electron chi connectivity index (χ4n) is 4.30. The van der Waals surface area contributed by atoms with E-state index in [1.54, 1.807) is 18.3 Å². The molecule has 4 aromatic rings. The van der Waals surface area contributed by atoms with E-state index in [4.69, 9.17) is 4.98 Å².